The molecule has 0 aromatic rings. The Morgan fingerprint density at radius 3 is 2.60 bits per heavy atom. The summed E-state index contributed by atoms with van der Waals surface area (Å²) in [5, 5.41) is 17.7. The second kappa shape index (κ2) is 2.40. The lowest BCUT2D eigenvalue weighted by Gasteiger charge is -2.08. The fourth-order valence-electron chi connectivity index (χ4n) is 0.746. The standard InChI is InChI=1S/C6H8O4/c1-3(7)4-2-5(8)10-6(4)9/h2-3,6-7,9H,1H3. The van der Waals surface area contributed by atoms with Gasteiger partial charge in [0.15, 0.2) is 0 Å². The number of carbonyl (C=O) groups excluding carboxylic acids is 1. The van der Waals surface area contributed by atoms with E-state index in [1.54, 1.807) is 0 Å². The minimum Gasteiger partial charge on any atom is -0.429 e. The molecular formula is C6H8O4. The van der Waals surface area contributed by atoms with Crippen LogP contribution in [0.5, 0.6) is 0 Å². The van der Waals surface area contributed by atoms with Crippen molar-refractivity contribution in [3.8, 4) is 0 Å². The monoisotopic (exact) mass is 144 g/mol. The quantitative estimate of drug-likeness (QED) is 0.471. The van der Waals surface area contributed by atoms with Crippen LogP contribution in [-0.4, -0.2) is 28.6 Å². The third-order valence-electron chi connectivity index (χ3n) is 1.28. The van der Waals surface area contributed by atoms with E-state index in [2.05, 4.69) is 4.74 Å². The van der Waals surface area contributed by atoms with Crippen molar-refractivity contribution in [3.05, 3.63) is 11.6 Å². The normalized spacial score (nSPS) is 27.7. The molecule has 0 aromatic carbocycles. The van der Waals surface area contributed by atoms with E-state index in [-0.39, 0.29) is 5.57 Å². The van der Waals surface area contributed by atoms with E-state index in [1.165, 1.54) is 6.92 Å². The Labute approximate surface area is 57.7 Å². The lowest BCUT2D eigenvalue weighted by molar-refractivity contribution is -0.151. The average Bonchev–Trinajstić information content (AvgIpc) is 2.10. The van der Waals surface area contributed by atoms with Crippen molar-refractivity contribution in [2.24, 2.45) is 0 Å². The van der Waals surface area contributed by atoms with E-state index >= 15 is 0 Å². The van der Waals surface area contributed by atoms with E-state index in [9.17, 15) is 4.79 Å². The van der Waals surface area contributed by atoms with Gasteiger partial charge in [-0.1, -0.05) is 0 Å². The minimum absolute atomic E-state index is 0.213. The van der Waals surface area contributed by atoms with Gasteiger partial charge < -0.3 is 14.9 Å². The number of ether oxygens (including phenoxy) is 1. The van der Waals surface area contributed by atoms with Gasteiger partial charge in [-0.05, 0) is 6.92 Å². The van der Waals surface area contributed by atoms with Gasteiger partial charge in [0.25, 0.3) is 0 Å². The molecule has 0 spiro atoms. The molecule has 2 atom stereocenters. The number of aliphatic hydroxyl groups is 2. The first-order chi connectivity index (χ1) is 4.61. The molecule has 1 aliphatic rings. The maximum atomic E-state index is 10.4. The molecule has 1 rings (SSSR count). The van der Waals surface area contributed by atoms with Gasteiger partial charge in [0.1, 0.15) is 0 Å². The maximum absolute atomic E-state index is 10.4. The summed E-state index contributed by atoms with van der Waals surface area (Å²) >= 11 is 0. The largest absolute Gasteiger partial charge is 0.429 e. The third-order valence-corrected chi connectivity index (χ3v) is 1.28. The Kier molecular flexibility index (Phi) is 1.74. The van der Waals surface area contributed by atoms with Crippen LogP contribution in [0.1, 0.15) is 6.92 Å². The summed E-state index contributed by atoms with van der Waals surface area (Å²) in [5.41, 5.74) is 0.213. The zero-order valence-electron chi connectivity index (χ0n) is 5.44. The lowest BCUT2D eigenvalue weighted by atomic mass is 10.2. The molecule has 1 aliphatic heterocycles. The van der Waals surface area contributed by atoms with Crippen molar-refractivity contribution in [1.82, 2.24) is 0 Å². The summed E-state index contributed by atoms with van der Waals surface area (Å²) in [6.07, 6.45) is -0.996. The highest BCUT2D eigenvalue weighted by molar-refractivity contribution is 5.85. The maximum Gasteiger partial charge on any atom is 0.333 e. The van der Waals surface area contributed by atoms with Gasteiger partial charge in [0.2, 0.25) is 6.29 Å². The summed E-state index contributed by atoms with van der Waals surface area (Å²) in [4.78, 5) is 10.4. The van der Waals surface area contributed by atoms with E-state index in [1.807, 2.05) is 0 Å². The van der Waals surface area contributed by atoms with Crippen LogP contribution < -0.4 is 0 Å². The molecule has 0 saturated carbocycles. The van der Waals surface area contributed by atoms with Crippen molar-refractivity contribution in [1.29, 1.82) is 0 Å². The summed E-state index contributed by atoms with van der Waals surface area (Å²) in [5.74, 6) is -0.608. The van der Waals surface area contributed by atoms with E-state index in [0.717, 1.165) is 6.08 Å². The Morgan fingerprint density at radius 1 is 1.80 bits per heavy atom. The van der Waals surface area contributed by atoms with Crippen LogP contribution in [0.2, 0.25) is 0 Å². The van der Waals surface area contributed by atoms with Gasteiger partial charge in [-0.2, -0.15) is 0 Å². The Morgan fingerprint density at radius 2 is 2.40 bits per heavy atom. The highest BCUT2D eigenvalue weighted by Gasteiger charge is 2.26. The first-order valence-electron chi connectivity index (χ1n) is 2.89. The zero-order chi connectivity index (χ0) is 7.72. The summed E-state index contributed by atoms with van der Waals surface area (Å²) in [6, 6.07) is 0. The topological polar surface area (TPSA) is 66.8 Å². The molecule has 0 aromatic heterocycles. The molecule has 0 amide bonds. The Bertz CT molecular complexity index is 182. The first kappa shape index (κ1) is 7.24. The lowest BCUT2D eigenvalue weighted by Crippen LogP contribution is -2.17. The summed E-state index contributed by atoms with van der Waals surface area (Å²) < 4.78 is 4.30. The van der Waals surface area contributed by atoms with Crippen LogP contribution in [0, 0.1) is 0 Å². The number of hydrogen-bond donors (Lipinski definition) is 2. The molecule has 10 heavy (non-hydrogen) atoms. The SMILES string of the molecule is CC(O)C1=CC(=O)OC1O. The van der Waals surface area contributed by atoms with Crippen LogP contribution in [-0.2, 0) is 9.53 Å². The average molecular weight is 144 g/mol. The van der Waals surface area contributed by atoms with Gasteiger partial charge in [0, 0.05) is 11.6 Å². The molecule has 2 unspecified atom stereocenters. The number of aliphatic hydroxyl groups excluding tert-OH is 2. The highest BCUT2D eigenvalue weighted by Crippen LogP contribution is 2.15. The van der Waals surface area contributed by atoms with Crippen LogP contribution in [0.15, 0.2) is 11.6 Å². The van der Waals surface area contributed by atoms with Gasteiger partial charge in [0.05, 0.1) is 6.10 Å². The third kappa shape index (κ3) is 1.17. The fraction of sp³-hybridized carbons (Fsp3) is 0.500. The Balaban J connectivity index is 2.75. The number of carbonyl (C=O) groups is 1. The molecule has 2 N–H and O–H groups in total. The van der Waals surface area contributed by atoms with Crippen molar-refractivity contribution < 1.29 is 19.7 Å². The first-order valence-corrected chi connectivity index (χ1v) is 2.89. The highest BCUT2D eigenvalue weighted by atomic mass is 16.6. The summed E-state index contributed by atoms with van der Waals surface area (Å²) in [6.45, 7) is 1.46. The minimum atomic E-state index is -1.26. The van der Waals surface area contributed by atoms with Crippen molar-refractivity contribution in [3.63, 3.8) is 0 Å². The molecule has 4 nitrogen and oxygen atoms in total. The predicted octanol–water partition coefficient (Wildman–Crippen LogP) is -0.831. The molecule has 0 radical (unpaired) electrons. The van der Waals surface area contributed by atoms with Gasteiger partial charge in [-0.25, -0.2) is 4.79 Å². The van der Waals surface area contributed by atoms with Crippen LogP contribution in [0.3, 0.4) is 0 Å². The molecule has 0 fully saturated rings. The molecule has 0 bridgehead atoms. The van der Waals surface area contributed by atoms with Gasteiger partial charge in [-0.15, -0.1) is 0 Å². The van der Waals surface area contributed by atoms with E-state index in [0.29, 0.717) is 0 Å². The molecular weight excluding hydrogens is 136 g/mol. The van der Waals surface area contributed by atoms with Gasteiger partial charge >= 0.3 is 5.97 Å². The number of rotatable bonds is 1. The second-order valence-electron chi connectivity index (χ2n) is 2.11. The predicted molar refractivity (Wildman–Crippen MR) is 31.9 cm³/mol. The summed E-state index contributed by atoms with van der Waals surface area (Å²) in [7, 11) is 0. The van der Waals surface area contributed by atoms with Crippen molar-refractivity contribution in [2.45, 2.75) is 19.3 Å². The Hall–Kier alpha value is -0.870. The number of esters is 1. The van der Waals surface area contributed by atoms with Crippen LogP contribution in [0.4, 0.5) is 0 Å². The van der Waals surface area contributed by atoms with E-state index < -0.39 is 18.4 Å². The molecule has 0 aliphatic carbocycles. The zero-order valence-corrected chi connectivity index (χ0v) is 5.44. The molecule has 0 saturated heterocycles. The number of cyclic esters (lactones) is 1. The smallest absolute Gasteiger partial charge is 0.333 e. The van der Waals surface area contributed by atoms with Crippen LogP contribution in [0.25, 0.3) is 0 Å². The van der Waals surface area contributed by atoms with Gasteiger partial charge in [-0.3, -0.25) is 0 Å². The van der Waals surface area contributed by atoms with Crippen LogP contribution >= 0.6 is 0 Å². The van der Waals surface area contributed by atoms with Crippen molar-refractivity contribution >= 4 is 5.97 Å². The van der Waals surface area contributed by atoms with E-state index in [4.69, 9.17) is 10.2 Å². The molecule has 56 valence electrons. The van der Waals surface area contributed by atoms with Crippen molar-refractivity contribution in [2.75, 3.05) is 0 Å². The molecule has 1 heterocycles. The fourth-order valence-corrected chi connectivity index (χ4v) is 0.746. The molecule has 4 heteroatoms. The second-order valence-corrected chi connectivity index (χ2v) is 2.11. The number of hydrogen-bond acceptors (Lipinski definition) is 4.